The van der Waals surface area contributed by atoms with Crippen molar-refractivity contribution in [1.82, 2.24) is 5.32 Å². The fourth-order valence-electron chi connectivity index (χ4n) is 2.55. The van der Waals surface area contributed by atoms with Crippen molar-refractivity contribution < 1.29 is 13.5 Å². The zero-order chi connectivity index (χ0) is 10.2. The normalized spacial score (nSPS) is 42.5. The fourth-order valence-corrected chi connectivity index (χ4v) is 4.53. The Morgan fingerprint density at radius 2 is 2.07 bits per heavy atom. The van der Waals surface area contributed by atoms with Crippen LogP contribution < -0.4 is 5.32 Å². The molecule has 82 valence electrons. The lowest BCUT2D eigenvalue weighted by Crippen LogP contribution is -2.38. The van der Waals surface area contributed by atoms with Crippen molar-refractivity contribution in [1.29, 1.82) is 0 Å². The van der Waals surface area contributed by atoms with Crippen LogP contribution in [0.15, 0.2) is 0 Å². The summed E-state index contributed by atoms with van der Waals surface area (Å²) in [6.45, 7) is 1.88. The van der Waals surface area contributed by atoms with Gasteiger partial charge in [-0.05, 0) is 31.8 Å². The molecule has 0 aromatic rings. The van der Waals surface area contributed by atoms with Crippen LogP contribution in [-0.4, -0.2) is 44.2 Å². The summed E-state index contributed by atoms with van der Waals surface area (Å²) in [6, 6.07) is 0. The molecule has 3 atom stereocenters. The molecule has 0 aromatic heterocycles. The molecule has 4 nitrogen and oxygen atoms in total. The molecular weight excluding hydrogens is 202 g/mol. The molecule has 5 heteroatoms. The van der Waals surface area contributed by atoms with Crippen LogP contribution in [0.5, 0.6) is 0 Å². The first-order valence-corrected chi connectivity index (χ1v) is 7.00. The minimum atomic E-state index is -2.97. The summed E-state index contributed by atoms with van der Waals surface area (Å²) in [4.78, 5) is 0. The van der Waals surface area contributed by atoms with Crippen LogP contribution in [0.2, 0.25) is 0 Å². The Hall–Kier alpha value is -0.130. The highest BCUT2D eigenvalue weighted by Gasteiger charge is 2.40. The van der Waals surface area contributed by atoms with E-state index >= 15 is 0 Å². The summed E-state index contributed by atoms with van der Waals surface area (Å²) in [5, 5.41) is 12.9. The molecule has 0 aromatic carbocycles. The third-order valence-corrected chi connectivity index (χ3v) is 5.05. The van der Waals surface area contributed by atoms with Crippen molar-refractivity contribution in [3.63, 3.8) is 0 Å². The first-order valence-electron chi connectivity index (χ1n) is 5.18. The van der Waals surface area contributed by atoms with Gasteiger partial charge >= 0.3 is 0 Å². The second-order valence-corrected chi connectivity index (χ2v) is 6.57. The van der Waals surface area contributed by atoms with Crippen LogP contribution in [0.25, 0.3) is 0 Å². The van der Waals surface area contributed by atoms with E-state index in [9.17, 15) is 13.5 Å². The molecule has 0 radical (unpaired) electrons. The van der Waals surface area contributed by atoms with E-state index in [0.29, 0.717) is 5.92 Å². The molecule has 0 saturated carbocycles. The Morgan fingerprint density at radius 1 is 1.29 bits per heavy atom. The zero-order valence-corrected chi connectivity index (χ0v) is 8.96. The lowest BCUT2D eigenvalue weighted by molar-refractivity contribution is 0.102. The van der Waals surface area contributed by atoms with Gasteiger partial charge in [0.05, 0.1) is 17.6 Å². The number of piperidine rings is 1. The number of sulfone groups is 1. The fraction of sp³-hybridized carbons (Fsp3) is 1.00. The summed E-state index contributed by atoms with van der Waals surface area (Å²) in [5.74, 6) is 0.457. The second-order valence-electron chi connectivity index (χ2n) is 4.41. The van der Waals surface area contributed by atoms with E-state index in [1.165, 1.54) is 0 Å². The molecule has 2 saturated heterocycles. The van der Waals surface area contributed by atoms with Crippen molar-refractivity contribution in [3.05, 3.63) is 0 Å². The van der Waals surface area contributed by atoms with E-state index in [0.717, 1.165) is 25.9 Å². The molecule has 2 fully saturated rings. The van der Waals surface area contributed by atoms with Crippen molar-refractivity contribution in [2.24, 2.45) is 11.8 Å². The number of hydrogen-bond acceptors (Lipinski definition) is 4. The van der Waals surface area contributed by atoms with Gasteiger partial charge in [0, 0.05) is 5.92 Å². The molecule has 2 aliphatic heterocycles. The van der Waals surface area contributed by atoms with Crippen LogP contribution in [0.3, 0.4) is 0 Å². The molecule has 3 unspecified atom stereocenters. The number of rotatable bonds is 1. The van der Waals surface area contributed by atoms with Gasteiger partial charge in [-0.25, -0.2) is 8.42 Å². The highest BCUT2D eigenvalue weighted by atomic mass is 32.2. The van der Waals surface area contributed by atoms with Crippen molar-refractivity contribution >= 4 is 9.84 Å². The summed E-state index contributed by atoms with van der Waals surface area (Å²) in [7, 11) is -2.97. The van der Waals surface area contributed by atoms with Gasteiger partial charge in [0.15, 0.2) is 9.84 Å². The van der Waals surface area contributed by atoms with Crippen LogP contribution in [-0.2, 0) is 9.84 Å². The second kappa shape index (κ2) is 3.79. The summed E-state index contributed by atoms with van der Waals surface area (Å²) < 4.78 is 22.6. The standard InChI is InChI=1S/C9H17NO3S/c11-9-6-14(12,13)5-8(9)7-2-1-3-10-4-7/h7-11H,1-6H2. The first kappa shape index (κ1) is 10.4. The molecule has 0 bridgehead atoms. The van der Waals surface area contributed by atoms with Crippen molar-refractivity contribution in [3.8, 4) is 0 Å². The topological polar surface area (TPSA) is 66.4 Å². The molecule has 0 amide bonds. The van der Waals surface area contributed by atoms with E-state index < -0.39 is 15.9 Å². The van der Waals surface area contributed by atoms with E-state index in [1.807, 2.05) is 0 Å². The summed E-state index contributed by atoms with van der Waals surface area (Å²) in [6.07, 6.45) is 1.50. The van der Waals surface area contributed by atoms with Crippen molar-refractivity contribution in [2.75, 3.05) is 24.6 Å². The van der Waals surface area contributed by atoms with Gasteiger partial charge in [-0.2, -0.15) is 0 Å². The van der Waals surface area contributed by atoms with Gasteiger partial charge < -0.3 is 10.4 Å². The third kappa shape index (κ3) is 2.10. The molecule has 2 rings (SSSR count). The molecular formula is C9H17NO3S. The Bertz CT molecular complexity index is 295. The number of aliphatic hydroxyl groups excluding tert-OH is 1. The number of nitrogens with one attached hydrogen (secondary N) is 1. The number of aliphatic hydroxyl groups is 1. The SMILES string of the molecule is O=S1(=O)CC(O)C(C2CCCNC2)C1. The molecule has 14 heavy (non-hydrogen) atoms. The molecule has 0 spiro atoms. The minimum absolute atomic E-state index is 0.0336. The summed E-state index contributed by atoms with van der Waals surface area (Å²) >= 11 is 0. The molecule has 2 aliphatic rings. The number of hydrogen-bond donors (Lipinski definition) is 2. The van der Waals surface area contributed by atoms with Gasteiger partial charge in [-0.1, -0.05) is 0 Å². The molecule has 2 N–H and O–H groups in total. The van der Waals surface area contributed by atoms with Crippen LogP contribution >= 0.6 is 0 Å². The predicted octanol–water partition coefficient (Wildman–Crippen LogP) is -0.608. The van der Waals surface area contributed by atoms with Gasteiger partial charge in [0.2, 0.25) is 0 Å². The lowest BCUT2D eigenvalue weighted by Gasteiger charge is -2.29. The van der Waals surface area contributed by atoms with Crippen LogP contribution in [0.4, 0.5) is 0 Å². The Morgan fingerprint density at radius 3 is 2.57 bits per heavy atom. The van der Waals surface area contributed by atoms with E-state index in [2.05, 4.69) is 5.32 Å². The first-order chi connectivity index (χ1) is 6.58. The average molecular weight is 219 g/mol. The quantitative estimate of drug-likeness (QED) is 0.617. The predicted molar refractivity (Wildman–Crippen MR) is 53.7 cm³/mol. The average Bonchev–Trinajstić information content (AvgIpc) is 2.41. The molecule has 2 heterocycles. The largest absolute Gasteiger partial charge is 0.392 e. The maximum Gasteiger partial charge on any atom is 0.153 e. The zero-order valence-electron chi connectivity index (χ0n) is 8.15. The van der Waals surface area contributed by atoms with E-state index in [-0.39, 0.29) is 17.4 Å². The highest BCUT2D eigenvalue weighted by molar-refractivity contribution is 7.91. The Kier molecular flexibility index (Phi) is 2.81. The Balaban J connectivity index is 2.04. The van der Waals surface area contributed by atoms with Gasteiger partial charge in [-0.15, -0.1) is 0 Å². The van der Waals surface area contributed by atoms with E-state index in [4.69, 9.17) is 0 Å². The van der Waals surface area contributed by atoms with Gasteiger partial charge in [0.1, 0.15) is 0 Å². The maximum atomic E-state index is 11.3. The highest BCUT2D eigenvalue weighted by Crippen LogP contribution is 2.30. The summed E-state index contributed by atoms with van der Waals surface area (Å²) in [5.41, 5.74) is 0. The minimum Gasteiger partial charge on any atom is -0.392 e. The molecule has 0 aliphatic carbocycles. The van der Waals surface area contributed by atoms with Crippen LogP contribution in [0, 0.1) is 11.8 Å². The third-order valence-electron chi connectivity index (χ3n) is 3.31. The van der Waals surface area contributed by atoms with Gasteiger partial charge in [-0.3, -0.25) is 0 Å². The Labute approximate surface area is 84.6 Å². The van der Waals surface area contributed by atoms with E-state index in [1.54, 1.807) is 0 Å². The smallest absolute Gasteiger partial charge is 0.153 e. The monoisotopic (exact) mass is 219 g/mol. The van der Waals surface area contributed by atoms with Crippen LogP contribution in [0.1, 0.15) is 12.8 Å². The van der Waals surface area contributed by atoms with Crippen molar-refractivity contribution in [2.45, 2.75) is 18.9 Å². The maximum absolute atomic E-state index is 11.3. The lowest BCUT2D eigenvalue weighted by atomic mass is 9.84. The van der Waals surface area contributed by atoms with Gasteiger partial charge in [0.25, 0.3) is 0 Å².